The second-order valence-corrected chi connectivity index (χ2v) is 10.8. The molecule has 4 aromatic rings. The maximum atomic E-state index is 12.7. The monoisotopic (exact) mass is 517 g/mol. The van der Waals surface area contributed by atoms with Gasteiger partial charge in [0.1, 0.15) is 5.82 Å². The first-order valence-electron chi connectivity index (χ1n) is 13.1. The maximum absolute atomic E-state index is 12.7. The molecule has 5 rings (SSSR count). The van der Waals surface area contributed by atoms with E-state index < -0.39 is 0 Å². The van der Waals surface area contributed by atoms with Crippen molar-refractivity contribution in [1.29, 1.82) is 0 Å². The zero-order valence-electron chi connectivity index (χ0n) is 21.5. The van der Waals surface area contributed by atoms with Gasteiger partial charge in [-0.25, -0.2) is 9.97 Å². The second kappa shape index (κ2) is 11.7. The fourth-order valence-corrected chi connectivity index (χ4v) is 5.44. The van der Waals surface area contributed by atoms with E-state index in [-0.39, 0.29) is 11.9 Å². The molecule has 0 atom stereocenters. The Morgan fingerprint density at radius 3 is 2.84 bits per heavy atom. The average molecular weight is 518 g/mol. The Hall–Kier alpha value is -3.43. The van der Waals surface area contributed by atoms with Crippen LogP contribution < -0.4 is 16.0 Å². The van der Waals surface area contributed by atoms with Crippen LogP contribution in [0.25, 0.3) is 21.5 Å². The number of amides is 1. The number of benzene rings is 1. The van der Waals surface area contributed by atoms with Crippen molar-refractivity contribution < 1.29 is 4.79 Å². The lowest BCUT2D eigenvalue weighted by atomic mass is 10.1. The molecule has 4 N–H and O–H groups in total. The summed E-state index contributed by atoms with van der Waals surface area (Å²) >= 11 is 1.62. The van der Waals surface area contributed by atoms with Crippen LogP contribution in [-0.2, 0) is 0 Å². The summed E-state index contributed by atoms with van der Waals surface area (Å²) in [5.74, 6) is 0.693. The van der Waals surface area contributed by atoms with Crippen LogP contribution in [0.4, 0.5) is 17.2 Å². The predicted octanol–water partition coefficient (Wildman–Crippen LogP) is 5.86. The Balaban J connectivity index is 1.25. The molecule has 1 fully saturated rings. The first-order valence-corrected chi connectivity index (χ1v) is 14.0. The Labute approximate surface area is 221 Å². The Morgan fingerprint density at radius 1 is 1.14 bits per heavy atom. The molecule has 9 heteroatoms. The molecule has 37 heavy (non-hydrogen) atoms. The lowest BCUT2D eigenvalue weighted by molar-refractivity contribution is 0.0951. The number of piperidine rings is 1. The van der Waals surface area contributed by atoms with Crippen molar-refractivity contribution in [1.82, 2.24) is 25.2 Å². The van der Waals surface area contributed by atoms with E-state index in [1.54, 1.807) is 17.5 Å². The van der Waals surface area contributed by atoms with Crippen molar-refractivity contribution in [2.24, 2.45) is 0 Å². The number of carbonyl (C=O) groups excluding carboxylic acids is 1. The minimum absolute atomic E-state index is 0.0517. The van der Waals surface area contributed by atoms with E-state index in [1.807, 2.05) is 36.0 Å². The fraction of sp³-hybridized carbons (Fsp3) is 0.393. The Bertz CT molecular complexity index is 1340. The summed E-state index contributed by atoms with van der Waals surface area (Å²) in [7, 11) is 0. The number of aromatic nitrogens is 3. The van der Waals surface area contributed by atoms with Crippen molar-refractivity contribution in [3.8, 4) is 11.3 Å². The van der Waals surface area contributed by atoms with Gasteiger partial charge in [0.2, 0.25) is 0 Å². The topological polar surface area (TPSA) is 98.0 Å². The van der Waals surface area contributed by atoms with Crippen LogP contribution in [0.15, 0.2) is 48.2 Å². The molecule has 0 saturated carbocycles. The minimum atomic E-state index is -0.0517. The van der Waals surface area contributed by atoms with Gasteiger partial charge in [-0.1, -0.05) is 6.42 Å². The number of pyridine rings is 1. The summed E-state index contributed by atoms with van der Waals surface area (Å²) in [5, 5.41) is 9.99. The van der Waals surface area contributed by atoms with Gasteiger partial charge in [-0.2, -0.15) is 0 Å². The number of likely N-dealkylation sites (tertiary alicyclic amines) is 1. The van der Waals surface area contributed by atoms with Gasteiger partial charge in [0.05, 0.1) is 21.3 Å². The lowest BCUT2D eigenvalue weighted by Crippen LogP contribution is -2.33. The zero-order chi connectivity index (χ0) is 25.6. The summed E-state index contributed by atoms with van der Waals surface area (Å²) in [4.78, 5) is 27.5. The van der Waals surface area contributed by atoms with E-state index in [0.29, 0.717) is 12.1 Å². The van der Waals surface area contributed by atoms with Crippen molar-refractivity contribution in [2.45, 2.75) is 45.6 Å². The highest BCUT2D eigenvalue weighted by molar-refractivity contribution is 7.16. The van der Waals surface area contributed by atoms with Crippen molar-refractivity contribution in [3.05, 3.63) is 53.8 Å². The number of thiazole rings is 1. The number of carbonyl (C=O) groups is 1. The van der Waals surface area contributed by atoms with Gasteiger partial charge >= 0.3 is 0 Å². The highest BCUT2D eigenvalue weighted by Gasteiger charge is 2.15. The number of aromatic amines is 1. The van der Waals surface area contributed by atoms with Crippen LogP contribution in [0.1, 0.15) is 49.9 Å². The Kier molecular flexibility index (Phi) is 8.01. The summed E-state index contributed by atoms with van der Waals surface area (Å²) in [6.45, 7) is 8.31. The molecule has 0 radical (unpaired) electrons. The summed E-state index contributed by atoms with van der Waals surface area (Å²) < 4.78 is 1.13. The molecule has 3 aromatic heterocycles. The van der Waals surface area contributed by atoms with E-state index in [0.717, 1.165) is 51.6 Å². The van der Waals surface area contributed by atoms with Gasteiger partial charge in [-0.3, -0.25) is 4.79 Å². The molecule has 1 aliphatic heterocycles. The third kappa shape index (κ3) is 6.47. The number of nitrogens with one attached hydrogen (secondary N) is 4. The molecule has 1 amide bonds. The van der Waals surface area contributed by atoms with Crippen LogP contribution in [0.3, 0.4) is 0 Å². The van der Waals surface area contributed by atoms with Crippen LogP contribution in [0, 0.1) is 0 Å². The van der Waals surface area contributed by atoms with Gasteiger partial charge in [0.15, 0.2) is 0 Å². The fourth-order valence-electron chi connectivity index (χ4n) is 4.72. The predicted molar refractivity (Wildman–Crippen MR) is 153 cm³/mol. The smallest absolute Gasteiger partial charge is 0.252 e. The van der Waals surface area contributed by atoms with E-state index in [2.05, 4.69) is 55.7 Å². The number of fused-ring (bicyclic) bond motifs is 1. The molecule has 0 spiro atoms. The summed E-state index contributed by atoms with van der Waals surface area (Å²) in [6, 6.07) is 10.2. The van der Waals surface area contributed by atoms with Gasteiger partial charge < -0.3 is 25.8 Å². The van der Waals surface area contributed by atoms with E-state index in [9.17, 15) is 4.79 Å². The number of H-pyrrole nitrogens is 1. The third-order valence-electron chi connectivity index (χ3n) is 6.57. The molecule has 1 saturated heterocycles. The van der Waals surface area contributed by atoms with Crippen molar-refractivity contribution in [2.75, 3.05) is 36.8 Å². The molecule has 0 aliphatic carbocycles. The summed E-state index contributed by atoms with van der Waals surface area (Å²) in [6.07, 6.45) is 8.51. The molecule has 1 aliphatic rings. The first-order chi connectivity index (χ1) is 18.0. The minimum Gasteiger partial charge on any atom is -0.382 e. The molecule has 0 unspecified atom stereocenters. The molecule has 1 aromatic carbocycles. The molecule has 4 heterocycles. The largest absolute Gasteiger partial charge is 0.382 e. The molecule has 0 bridgehead atoms. The van der Waals surface area contributed by atoms with Gasteiger partial charge in [-0.05, 0) is 77.0 Å². The third-order valence-corrected chi connectivity index (χ3v) is 7.36. The van der Waals surface area contributed by atoms with Crippen molar-refractivity contribution in [3.63, 3.8) is 0 Å². The lowest BCUT2D eigenvalue weighted by Gasteiger charge is -2.26. The highest BCUT2D eigenvalue weighted by Crippen LogP contribution is 2.31. The molecule has 8 nitrogen and oxygen atoms in total. The van der Waals surface area contributed by atoms with E-state index >= 15 is 0 Å². The number of hydrogen-bond donors (Lipinski definition) is 4. The van der Waals surface area contributed by atoms with Gasteiger partial charge in [0.25, 0.3) is 5.91 Å². The van der Waals surface area contributed by atoms with Crippen LogP contribution in [-0.4, -0.2) is 58.0 Å². The van der Waals surface area contributed by atoms with Gasteiger partial charge in [-0.15, -0.1) is 11.3 Å². The Morgan fingerprint density at radius 2 is 2.00 bits per heavy atom. The number of hydrogen-bond acceptors (Lipinski definition) is 7. The highest BCUT2D eigenvalue weighted by atomic mass is 32.1. The SMILES string of the molecule is CC(C)Nc1cc(Nc2ccc3ncsc3c2)ncc1-c1cc(C(=O)NCCCN2CCCCC2)c[nH]1. The first kappa shape index (κ1) is 25.2. The van der Waals surface area contributed by atoms with Crippen molar-refractivity contribution >= 4 is 44.7 Å². The zero-order valence-corrected chi connectivity index (χ0v) is 22.3. The van der Waals surface area contributed by atoms with E-state index in [1.165, 1.54) is 32.4 Å². The maximum Gasteiger partial charge on any atom is 0.252 e. The number of nitrogens with zero attached hydrogens (tertiary/aromatic N) is 3. The van der Waals surface area contributed by atoms with Crippen LogP contribution in [0.2, 0.25) is 0 Å². The second-order valence-electron chi connectivity index (χ2n) is 9.89. The quantitative estimate of drug-likeness (QED) is 0.197. The van der Waals surface area contributed by atoms with E-state index in [4.69, 9.17) is 0 Å². The normalized spacial score (nSPS) is 14.2. The standard InChI is InChI=1S/C28H35N7OS/c1-19(2)33-25-15-27(34-21-7-8-23-26(14-21)37-18-32-23)31-17-22(25)24-13-20(16-30-24)28(36)29-9-6-12-35-10-4-3-5-11-35/h7-8,13-19,30H,3-6,9-12H2,1-2H3,(H,29,36)(H2,31,33,34). The molecular formula is C28H35N7OS. The van der Waals surface area contributed by atoms with Crippen LogP contribution in [0.5, 0.6) is 0 Å². The van der Waals surface area contributed by atoms with Crippen LogP contribution >= 0.6 is 11.3 Å². The van der Waals surface area contributed by atoms with Gasteiger partial charge in [0, 0.05) is 53.7 Å². The number of rotatable bonds is 10. The average Bonchev–Trinajstić information content (AvgIpc) is 3.57. The molecular weight excluding hydrogens is 482 g/mol. The number of anilines is 3. The summed E-state index contributed by atoms with van der Waals surface area (Å²) in [5.41, 5.74) is 7.16. The molecule has 194 valence electrons.